The van der Waals surface area contributed by atoms with Crippen molar-refractivity contribution in [3.8, 4) is 0 Å². The molecule has 0 aliphatic carbocycles. The van der Waals surface area contributed by atoms with Crippen LogP contribution in [0.4, 0.5) is 4.39 Å². The summed E-state index contributed by atoms with van der Waals surface area (Å²) in [5, 5.41) is 0. The van der Waals surface area contributed by atoms with Crippen LogP contribution in [-0.2, 0) is 6.54 Å². The standard InChI is InChI=1S/C16H25FN/c1-16(2,3)13-18(10-4-5-11-18)12-14-6-8-15(17)9-7-14/h6-9H,4-5,10-13H2,1-3H3/q+1. The molecule has 2 rings (SSSR count). The lowest BCUT2D eigenvalue weighted by Crippen LogP contribution is -2.49. The third kappa shape index (κ3) is 3.55. The number of quaternary nitrogens is 1. The van der Waals surface area contributed by atoms with Gasteiger partial charge in [-0.2, -0.15) is 0 Å². The quantitative estimate of drug-likeness (QED) is 0.712. The van der Waals surface area contributed by atoms with Crippen LogP contribution in [0.5, 0.6) is 0 Å². The van der Waals surface area contributed by atoms with E-state index in [4.69, 9.17) is 0 Å². The van der Waals surface area contributed by atoms with Gasteiger partial charge in [0.1, 0.15) is 12.4 Å². The van der Waals surface area contributed by atoms with Crippen molar-refractivity contribution in [2.75, 3.05) is 19.6 Å². The second-order valence-corrected chi connectivity index (χ2v) is 7.00. The normalized spacial score (nSPS) is 19.1. The largest absolute Gasteiger partial charge is 0.319 e. The van der Waals surface area contributed by atoms with E-state index in [1.54, 1.807) is 12.1 Å². The van der Waals surface area contributed by atoms with E-state index in [9.17, 15) is 4.39 Å². The fraction of sp³-hybridized carbons (Fsp3) is 0.625. The molecule has 18 heavy (non-hydrogen) atoms. The molecule has 1 fully saturated rings. The van der Waals surface area contributed by atoms with Crippen molar-refractivity contribution in [2.24, 2.45) is 5.41 Å². The molecule has 1 aliphatic heterocycles. The van der Waals surface area contributed by atoms with Crippen molar-refractivity contribution in [1.29, 1.82) is 0 Å². The molecule has 1 aromatic carbocycles. The van der Waals surface area contributed by atoms with Crippen LogP contribution in [0, 0.1) is 11.2 Å². The lowest BCUT2D eigenvalue weighted by molar-refractivity contribution is -0.935. The van der Waals surface area contributed by atoms with E-state index < -0.39 is 0 Å². The van der Waals surface area contributed by atoms with Crippen molar-refractivity contribution in [3.63, 3.8) is 0 Å². The lowest BCUT2D eigenvalue weighted by Gasteiger charge is -2.39. The van der Waals surface area contributed by atoms with Crippen LogP contribution in [0.3, 0.4) is 0 Å². The van der Waals surface area contributed by atoms with Crippen LogP contribution >= 0.6 is 0 Å². The van der Waals surface area contributed by atoms with Gasteiger partial charge in [0.2, 0.25) is 0 Å². The molecule has 100 valence electrons. The van der Waals surface area contributed by atoms with Crippen molar-refractivity contribution >= 4 is 0 Å². The first-order chi connectivity index (χ1) is 8.39. The van der Waals surface area contributed by atoms with Gasteiger partial charge in [0.05, 0.1) is 19.6 Å². The monoisotopic (exact) mass is 250 g/mol. The summed E-state index contributed by atoms with van der Waals surface area (Å²) in [5.41, 5.74) is 1.62. The zero-order valence-electron chi connectivity index (χ0n) is 11.9. The molecule has 0 saturated carbocycles. The summed E-state index contributed by atoms with van der Waals surface area (Å²) in [6.07, 6.45) is 2.66. The maximum absolute atomic E-state index is 13.0. The minimum absolute atomic E-state index is 0.137. The molecule has 0 amide bonds. The summed E-state index contributed by atoms with van der Waals surface area (Å²) in [6, 6.07) is 7.05. The summed E-state index contributed by atoms with van der Waals surface area (Å²) >= 11 is 0. The number of hydrogen-bond acceptors (Lipinski definition) is 0. The Morgan fingerprint density at radius 1 is 1.06 bits per heavy atom. The fourth-order valence-corrected chi connectivity index (χ4v) is 3.36. The first-order valence-corrected chi connectivity index (χ1v) is 6.98. The second kappa shape index (κ2) is 5.00. The Hall–Kier alpha value is -0.890. The fourth-order valence-electron chi connectivity index (χ4n) is 3.36. The first kappa shape index (κ1) is 13.5. The highest BCUT2D eigenvalue weighted by Crippen LogP contribution is 2.29. The summed E-state index contributed by atoms with van der Waals surface area (Å²) in [5.74, 6) is -0.137. The van der Waals surface area contributed by atoms with Gasteiger partial charge in [0.25, 0.3) is 0 Å². The summed E-state index contributed by atoms with van der Waals surface area (Å²) in [6.45, 7) is 11.8. The Morgan fingerprint density at radius 2 is 1.61 bits per heavy atom. The maximum atomic E-state index is 13.0. The second-order valence-electron chi connectivity index (χ2n) is 7.00. The number of hydrogen-bond donors (Lipinski definition) is 0. The van der Waals surface area contributed by atoms with Gasteiger partial charge in [-0.1, -0.05) is 32.9 Å². The zero-order chi connectivity index (χ0) is 13.2. The lowest BCUT2D eigenvalue weighted by atomic mass is 9.94. The average molecular weight is 250 g/mol. The van der Waals surface area contributed by atoms with Crippen LogP contribution in [-0.4, -0.2) is 24.1 Å². The number of halogens is 1. The molecule has 0 unspecified atom stereocenters. The third-order valence-electron chi connectivity index (χ3n) is 3.76. The maximum Gasteiger partial charge on any atom is 0.123 e. The minimum Gasteiger partial charge on any atom is -0.319 e. The van der Waals surface area contributed by atoms with Crippen LogP contribution < -0.4 is 0 Å². The molecule has 0 atom stereocenters. The molecule has 1 aliphatic rings. The number of benzene rings is 1. The highest BCUT2D eigenvalue weighted by atomic mass is 19.1. The van der Waals surface area contributed by atoms with E-state index in [1.165, 1.54) is 42.5 Å². The average Bonchev–Trinajstić information content (AvgIpc) is 2.67. The predicted octanol–water partition coefficient (Wildman–Crippen LogP) is 3.98. The summed E-state index contributed by atoms with van der Waals surface area (Å²) < 4.78 is 14.1. The van der Waals surface area contributed by atoms with Gasteiger partial charge in [-0.15, -0.1) is 0 Å². The van der Waals surface area contributed by atoms with E-state index in [0.717, 1.165) is 6.54 Å². The molecule has 1 nitrogen and oxygen atoms in total. The molecule has 0 N–H and O–H groups in total. The highest BCUT2D eigenvalue weighted by Gasteiger charge is 2.36. The van der Waals surface area contributed by atoms with E-state index >= 15 is 0 Å². The van der Waals surface area contributed by atoms with Gasteiger partial charge in [-0.3, -0.25) is 0 Å². The number of rotatable bonds is 3. The third-order valence-corrected chi connectivity index (χ3v) is 3.76. The molecule has 1 saturated heterocycles. The van der Waals surface area contributed by atoms with Gasteiger partial charge >= 0.3 is 0 Å². The molecular weight excluding hydrogens is 225 g/mol. The van der Waals surface area contributed by atoms with Gasteiger partial charge in [0, 0.05) is 23.8 Å². The van der Waals surface area contributed by atoms with Gasteiger partial charge in [-0.05, 0) is 12.1 Å². The number of likely N-dealkylation sites (tertiary alicyclic amines) is 1. The Labute approximate surface area is 110 Å². The zero-order valence-corrected chi connectivity index (χ0v) is 11.9. The summed E-state index contributed by atoms with van der Waals surface area (Å²) in [7, 11) is 0. The molecule has 0 bridgehead atoms. The number of nitrogens with zero attached hydrogens (tertiary/aromatic N) is 1. The highest BCUT2D eigenvalue weighted by molar-refractivity contribution is 5.15. The molecule has 0 spiro atoms. The van der Waals surface area contributed by atoms with Gasteiger partial charge in [0.15, 0.2) is 0 Å². The topological polar surface area (TPSA) is 0 Å². The van der Waals surface area contributed by atoms with Gasteiger partial charge in [-0.25, -0.2) is 4.39 Å². The van der Waals surface area contributed by atoms with Crippen LogP contribution in [0.1, 0.15) is 39.2 Å². The Balaban J connectivity index is 2.13. The molecule has 1 aromatic rings. The Kier molecular flexibility index (Phi) is 3.76. The molecule has 1 heterocycles. The SMILES string of the molecule is CC(C)(C)C[N+]1(Cc2ccc(F)cc2)CCCC1. The Morgan fingerprint density at radius 3 is 2.11 bits per heavy atom. The van der Waals surface area contributed by atoms with Crippen molar-refractivity contribution < 1.29 is 8.87 Å². The molecular formula is C16H25FN+. The predicted molar refractivity (Wildman–Crippen MR) is 73.7 cm³/mol. The van der Waals surface area contributed by atoms with Crippen molar-refractivity contribution in [2.45, 2.75) is 40.2 Å². The summed E-state index contributed by atoms with van der Waals surface area (Å²) in [4.78, 5) is 0. The van der Waals surface area contributed by atoms with Crippen molar-refractivity contribution in [1.82, 2.24) is 0 Å². The van der Waals surface area contributed by atoms with E-state index in [-0.39, 0.29) is 5.82 Å². The first-order valence-electron chi connectivity index (χ1n) is 6.98. The van der Waals surface area contributed by atoms with Crippen LogP contribution in [0.2, 0.25) is 0 Å². The van der Waals surface area contributed by atoms with Crippen LogP contribution in [0.25, 0.3) is 0 Å². The van der Waals surface area contributed by atoms with Crippen molar-refractivity contribution in [3.05, 3.63) is 35.6 Å². The minimum atomic E-state index is -0.137. The molecule has 0 radical (unpaired) electrons. The van der Waals surface area contributed by atoms with Gasteiger partial charge < -0.3 is 4.48 Å². The van der Waals surface area contributed by atoms with E-state index in [2.05, 4.69) is 20.8 Å². The van der Waals surface area contributed by atoms with Crippen LogP contribution in [0.15, 0.2) is 24.3 Å². The van der Waals surface area contributed by atoms with E-state index in [1.807, 2.05) is 12.1 Å². The molecule has 2 heteroatoms. The molecule has 0 aromatic heterocycles. The van der Waals surface area contributed by atoms with E-state index in [0.29, 0.717) is 5.41 Å². The smallest absolute Gasteiger partial charge is 0.123 e. The Bertz CT molecular complexity index is 383.